The van der Waals surface area contributed by atoms with Gasteiger partial charge in [0, 0.05) is 23.9 Å². The fraction of sp³-hybridized carbons (Fsp3) is 0.350. The summed E-state index contributed by atoms with van der Waals surface area (Å²) in [7, 11) is 0. The van der Waals surface area contributed by atoms with Gasteiger partial charge in [-0.1, -0.05) is 19.4 Å². The van der Waals surface area contributed by atoms with Crippen LogP contribution in [0.15, 0.2) is 36.5 Å². The molecule has 0 saturated carbocycles. The van der Waals surface area contributed by atoms with E-state index >= 15 is 0 Å². The summed E-state index contributed by atoms with van der Waals surface area (Å²) in [5.74, 6) is -0.0954. The van der Waals surface area contributed by atoms with Crippen molar-refractivity contribution >= 4 is 11.8 Å². The summed E-state index contributed by atoms with van der Waals surface area (Å²) in [6, 6.07) is 7.90. The summed E-state index contributed by atoms with van der Waals surface area (Å²) in [5.41, 5.74) is 12.0. The second kappa shape index (κ2) is 8.36. The Hall–Kier alpha value is -3.44. The number of nitrogens with zero attached hydrogens (tertiary/aromatic N) is 6. The zero-order chi connectivity index (χ0) is 22.0. The molecular weight excluding hydrogens is 403 g/mol. The number of anilines is 1. The van der Waals surface area contributed by atoms with Crippen LogP contribution < -0.4 is 16.4 Å². The van der Waals surface area contributed by atoms with E-state index < -0.39 is 17.6 Å². The van der Waals surface area contributed by atoms with Gasteiger partial charge >= 0.3 is 6.09 Å². The van der Waals surface area contributed by atoms with Gasteiger partial charge in [0.05, 0.1) is 18.8 Å². The monoisotopic (exact) mass is 426 g/mol. The van der Waals surface area contributed by atoms with Gasteiger partial charge in [0.15, 0.2) is 5.72 Å². The van der Waals surface area contributed by atoms with Crippen LogP contribution in [0.3, 0.4) is 0 Å². The standard InChI is InChI=1S/C20H23FN8O2/c1-2-3-8-29-26-18(25-27-29)17-7-4-13(10-24-17)15-6-5-14(9-16(15)21)28-12-20(23,11-22)31-19(28)30/h4-7,9-10H,2-3,8,11-12,22-23H2,1H3/t20-/m0/s1. The molecule has 31 heavy (non-hydrogen) atoms. The van der Waals surface area contributed by atoms with Gasteiger partial charge < -0.3 is 10.5 Å². The quantitative estimate of drug-likeness (QED) is 0.584. The van der Waals surface area contributed by atoms with E-state index in [9.17, 15) is 9.18 Å². The molecule has 1 aliphatic rings. The molecule has 2 aromatic heterocycles. The van der Waals surface area contributed by atoms with Crippen LogP contribution in [0.4, 0.5) is 14.9 Å². The minimum absolute atomic E-state index is 0.0327. The molecule has 1 aromatic carbocycles. The van der Waals surface area contributed by atoms with Gasteiger partial charge in [-0.15, -0.1) is 10.2 Å². The normalized spacial score (nSPS) is 18.5. The highest BCUT2D eigenvalue weighted by Gasteiger charge is 2.42. The number of halogens is 1. The molecule has 1 saturated heterocycles. The first-order valence-electron chi connectivity index (χ1n) is 9.96. The van der Waals surface area contributed by atoms with E-state index in [-0.39, 0.29) is 13.1 Å². The molecule has 4 rings (SSSR count). The predicted molar refractivity (Wildman–Crippen MR) is 111 cm³/mol. The molecule has 0 bridgehead atoms. The smallest absolute Gasteiger partial charge is 0.416 e. The van der Waals surface area contributed by atoms with E-state index in [1.807, 2.05) is 0 Å². The molecule has 4 N–H and O–H groups in total. The molecule has 10 nitrogen and oxygen atoms in total. The minimum atomic E-state index is -1.28. The summed E-state index contributed by atoms with van der Waals surface area (Å²) in [5, 5.41) is 12.3. The molecule has 1 amide bonds. The fourth-order valence-electron chi connectivity index (χ4n) is 3.23. The van der Waals surface area contributed by atoms with Gasteiger partial charge in [0.25, 0.3) is 0 Å². The molecule has 0 aliphatic carbocycles. The van der Waals surface area contributed by atoms with Crippen molar-refractivity contribution in [2.75, 3.05) is 18.0 Å². The van der Waals surface area contributed by atoms with Crippen LogP contribution in [0.1, 0.15) is 19.8 Å². The van der Waals surface area contributed by atoms with Crippen LogP contribution >= 0.6 is 0 Å². The summed E-state index contributed by atoms with van der Waals surface area (Å²) in [6.07, 6.45) is 2.88. The summed E-state index contributed by atoms with van der Waals surface area (Å²) < 4.78 is 19.9. The van der Waals surface area contributed by atoms with Crippen molar-refractivity contribution in [3.05, 3.63) is 42.3 Å². The van der Waals surface area contributed by atoms with E-state index in [1.165, 1.54) is 15.8 Å². The maximum Gasteiger partial charge on any atom is 0.416 e. The van der Waals surface area contributed by atoms with E-state index in [2.05, 4.69) is 27.3 Å². The molecule has 3 heterocycles. The number of carbonyl (C=O) groups is 1. The highest BCUT2D eigenvalue weighted by Crippen LogP contribution is 2.30. The Labute approximate surface area is 178 Å². The maximum atomic E-state index is 14.8. The second-order valence-corrected chi connectivity index (χ2v) is 7.38. The molecule has 11 heteroatoms. The largest absolute Gasteiger partial charge is 0.424 e. The molecular formula is C20H23FN8O2. The molecule has 1 atom stereocenters. The van der Waals surface area contributed by atoms with Crippen LogP contribution in [0.2, 0.25) is 0 Å². The topological polar surface area (TPSA) is 138 Å². The second-order valence-electron chi connectivity index (χ2n) is 7.38. The number of cyclic esters (lactones) is 1. The Kier molecular flexibility index (Phi) is 5.61. The molecule has 162 valence electrons. The highest BCUT2D eigenvalue weighted by atomic mass is 19.1. The van der Waals surface area contributed by atoms with Gasteiger partial charge in [0.2, 0.25) is 5.82 Å². The number of hydrogen-bond acceptors (Lipinski definition) is 8. The number of nitrogens with two attached hydrogens (primary N) is 2. The molecule has 0 unspecified atom stereocenters. The average Bonchev–Trinajstić information content (AvgIpc) is 3.37. The van der Waals surface area contributed by atoms with E-state index in [4.69, 9.17) is 16.2 Å². The van der Waals surface area contributed by atoms with E-state index in [0.717, 1.165) is 12.8 Å². The summed E-state index contributed by atoms with van der Waals surface area (Å²) >= 11 is 0. The SMILES string of the molecule is CCCCn1nnc(-c2ccc(-c3ccc(N4C[C@](N)(CN)OC4=O)cc3F)cn2)n1. The van der Waals surface area contributed by atoms with E-state index in [0.29, 0.717) is 34.9 Å². The lowest BCUT2D eigenvalue weighted by molar-refractivity contribution is 0.0692. The number of aryl methyl sites for hydroxylation is 1. The third-order valence-corrected chi connectivity index (χ3v) is 5.01. The van der Waals surface area contributed by atoms with Gasteiger partial charge in [-0.2, -0.15) is 4.80 Å². The van der Waals surface area contributed by atoms with Crippen molar-refractivity contribution in [1.29, 1.82) is 0 Å². The Bertz CT molecular complexity index is 1090. The van der Waals surface area contributed by atoms with Crippen LogP contribution in [-0.4, -0.2) is 50.1 Å². The number of unbranched alkanes of at least 4 members (excludes halogenated alkanes) is 1. The highest BCUT2D eigenvalue weighted by molar-refractivity contribution is 5.90. The Morgan fingerprint density at radius 1 is 1.29 bits per heavy atom. The number of ether oxygens (including phenoxy) is 1. The molecule has 3 aromatic rings. The number of amides is 1. The number of hydrogen-bond donors (Lipinski definition) is 2. The lowest BCUT2D eigenvalue weighted by atomic mass is 10.1. The van der Waals surface area contributed by atoms with Gasteiger partial charge in [-0.25, -0.2) is 9.18 Å². The number of tetrazole rings is 1. The lowest BCUT2D eigenvalue weighted by Gasteiger charge is -2.19. The van der Waals surface area contributed by atoms with Gasteiger partial charge in [-0.3, -0.25) is 15.6 Å². The van der Waals surface area contributed by atoms with Crippen molar-refractivity contribution in [3.63, 3.8) is 0 Å². The van der Waals surface area contributed by atoms with E-state index in [1.54, 1.807) is 30.5 Å². The molecule has 1 fully saturated rings. The zero-order valence-electron chi connectivity index (χ0n) is 17.0. The molecule has 1 aliphatic heterocycles. The average molecular weight is 426 g/mol. The van der Waals surface area contributed by atoms with Crippen molar-refractivity contribution in [1.82, 2.24) is 25.2 Å². The fourth-order valence-corrected chi connectivity index (χ4v) is 3.23. The Morgan fingerprint density at radius 3 is 2.77 bits per heavy atom. The summed E-state index contributed by atoms with van der Waals surface area (Å²) in [4.78, 5) is 19.2. The third-order valence-electron chi connectivity index (χ3n) is 5.01. The van der Waals surface area contributed by atoms with Crippen molar-refractivity contribution in [2.45, 2.75) is 32.0 Å². The first-order valence-corrected chi connectivity index (χ1v) is 9.96. The number of rotatable bonds is 7. The van der Waals surface area contributed by atoms with Crippen molar-refractivity contribution < 1.29 is 13.9 Å². The minimum Gasteiger partial charge on any atom is -0.424 e. The maximum absolute atomic E-state index is 14.8. The zero-order valence-corrected chi connectivity index (χ0v) is 17.0. The Balaban J connectivity index is 1.52. The van der Waals surface area contributed by atoms with Crippen LogP contribution in [0, 0.1) is 5.82 Å². The predicted octanol–water partition coefficient (Wildman–Crippen LogP) is 1.91. The third kappa shape index (κ3) is 4.23. The lowest BCUT2D eigenvalue weighted by Crippen LogP contribution is -2.50. The van der Waals surface area contributed by atoms with Crippen LogP contribution in [0.25, 0.3) is 22.6 Å². The van der Waals surface area contributed by atoms with Gasteiger partial charge in [0.1, 0.15) is 11.5 Å². The molecule has 0 radical (unpaired) electrons. The number of pyridine rings is 1. The van der Waals surface area contributed by atoms with Crippen LogP contribution in [0.5, 0.6) is 0 Å². The summed E-state index contributed by atoms with van der Waals surface area (Å²) in [6.45, 7) is 2.80. The number of carbonyl (C=O) groups excluding carboxylic acids is 1. The first kappa shape index (κ1) is 20.8. The van der Waals surface area contributed by atoms with Crippen molar-refractivity contribution in [2.24, 2.45) is 11.5 Å². The van der Waals surface area contributed by atoms with Gasteiger partial charge in [-0.05, 0) is 35.9 Å². The number of aromatic nitrogens is 5. The first-order chi connectivity index (χ1) is 14.9. The molecule has 0 spiro atoms. The van der Waals surface area contributed by atoms with Crippen LogP contribution in [-0.2, 0) is 11.3 Å². The Morgan fingerprint density at radius 2 is 2.13 bits per heavy atom. The number of benzene rings is 1. The van der Waals surface area contributed by atoms with Crippen molar-refractivity contribution in [3.8, 4) is 22.6 Å².